The van der Waals surface area contributed by atoms with Gasteiger partial charge in [-0.25, -0.2) is 5.01 Å². The Balaban J connectivity index is 1.49. The second kappa shape index (κ2) is 8.35. The van der Waals surface area contributed by atoms with E-state index in [2.05, 4.69) is 5.43 Å². The molecule has 3 aromatic rings. The number of thiophene rings is 1. The van der Waals surface area contributed by atoms with Crippen LogP contribution in [-0.4, -0.2) is 46.0 Å². The number of para-hydroxylation sites is 1. The summed E-state index contributed by atoms with van der Waals surface area (Å²) in [7, 11) is 1.51. The van der Waals surface area contributed by atoms with E-state index in [-0.39, 0.29) is 11.8 Å². The van der Waals surface area contributed by atoms with Gasteiger partial charge in [-0.2, -0.15) is 0 Å². The molecule has 6 nitrogen and oxygen atoms in total. The Morgan fingerprint density at radius 1 is 0.906 bits per heavy atom. The number of fused-ring (bicyclic) bond motifs is 1. The molecule has 4 unspecified atom stereocenters. The largest absolute Gasteiger partial charge is 0.386 e. The number of carbonyl (C=O) groups is 2. The lowest BCUT2D eigenvalue weighted by Crippen LogP contribution is -2.55. The molecule has 32 heavy (non-hydrogen) atoms. The quantitative estimate of drug-likeness (QED) is 0.463. The third kappa shape index (κ3) is 3.54. The third-order valence-corrected chi connectivity index (χ3v) is 7.21. The lowest BCUT2D eigenvalue weighted by Gasteiger charge is -2.40. The number of hydrogen-bond acceptors (Lipinski definition) is 6. The number of anilines is 1. The summed E-state index contributed by atoms with van der Waals surface area (Å²) < 4.78 is 0. The zero-order chi connectivity index (χ0) is 22.2. The van der Waals surface area contributed by atoms with Crippen molar-refractivity contribution < 1.29 is 14.7 Å². The fourth-order valence-corrected chi connectivity index (χ4v) is 5.35. The van der Waals surface area contributed by atoms with Crippen LogP contribution in [0.5, 0.6) is 0 Å². The number of hydrogen-bond donors (Lipinski definition) is 2. The van der Waals surface area contributed by atoms with E-state index in [1.54, 1.807) is 11.1 Å². The van der Waals surface area contributed by atoms with Crippen molar-refractivity contribution in [3.63, 3.8) is 0 Å². The summed E-state index contributed by atoms with van der Waals surface area (Å²) >= 11 is 1.52. The van der Waals surface area contributed by atoms with E-state index in [1.807, 2.05) is 78.9 Å². The van der Waals surface area contributed by atoms with Crippen LogP contribution in [-0.2, 0) is 9.59 Å². The molecule has 2 N–H and O–H groups in total. The summed E-state index contributed by atoms with van der Waals surface area (Å²) in [4.78, 5) is 28.6. The van der Waals surface area contributed by atoms with Crippen molar-refractivity contribution in [1.29, 1.82) is 0 Å². The number of benzene rings is 2. The van der Waals surface area contributed by atoms with E-state index in [0.717, 1.165) is 21.0 Å². The molecular weight excluding hydrogens is 422 g/mol. The molecule has 1 saturated heterocycles. The van der Waals surface area contributed by atoms with Crippen LogP contribution in [0.15, 0.2) is 84.9 Å². The van der Waals surface area contributed by atoms with Crippen molar-refractivity contribution in [3.8, 4) is 10.4 Å². The number of nitrogens with one attached hydrogen (secondary N) is 1. The first kappa shape index (κ1) is 20.6. The number of carbonyl (C=O) groups excluding carboxylic acids is 2. The lowest BCUT2D eigenvalue weighted by atomic mass is 9.92. The Labute approximate surface area is 190 Å². The van der Waals surface area contributed by atoms with E-state index >= 15 is 0 Å². The molecule has 7 heteroatoms. The minimum absolute atomic E-state index is 0.230. The van der Waals surface area contributed by atoms with Crippen LogP contribution in [0.3, 0.4) is 0 Å². The highest BCUT2D eigenvalue weighted by Gasteiger charge is 2.52. The zero-order valence-electron chi connectivity index (χ0n) is 17.5. The maximum Gasteiger partial charge on any atom is 0.249 e. The van der Waals surface area contributed by atoms with Crippen LogP contribution in [0, 0.1) is 5.92 Å². The summed E-state index contributed by atoms with van der Waals surface area (Å²) in [6.45, 7) is 0. The Morgan fingerprint density at radius 3 is 2.31 bits per heavy atom. The van der Waals surface area contributed by atoms with Crippen LogP contribution in [0.2, 0.25) is 0 Å². The van der Waals surface area contributed by atoms with E-state index in [4.69, 9.17) is 0 Å². The Morgan fingerprint density at radius 2 is 1.59 bits per heavy atom. The molecule has 0 aliphatic carbocycles. The van der Waals surface area contributed by atoms with Gasteiger partial charge in [-0.3, -0.25) is 14.5 Å². The van der Waals surface area contributed by atoms with Gasteiger partial charge >= 0.3 is 0 Å². The van der Waals surface area contributed by atoms with Crippen molar-refractivity contribution in [1.82, 2.24) is 9.91 Å². The first-order chi connectivity index (χ1) is 15.5. The second-order valence-corrected chi connectivity index (χ2v) is 9.09. The minimum atomic E-state index is -0.875. The molecule has 2 aliphatic rings. The monoisotopic (exact) mass is 445 g/mol. The van der Waals surface area contributed by atoms with Gasteiger partial charge in [0.05, 0.1) is 12.0 Å². The Hall–Kier alpha value is -3.26. The second-order valence-electron chi connectivity index (χ2n) is 7.98. The van der Waals surface area contributed by atoms with Crippen LogP contribution in [0.1, 0.15) is 11.0 Å². The normalized spacial score (nSPS) is 23.9. The van der Waals surface area contributed by atoms with Crippen LogP contribution < -0.4 is 5.43 Å². The summed E-state index contributed by atoms with van der Waals surface area (Å²) in [5, 5.41) is 13.1. The summed E-state index contributed by atoms with van der Waals surface area (Å²) in [5.74, 6) is -1.08. The van der Waals surface area contributed by atoms with E-state index in [9.17, 15) is 14.7 Å². The van der Waals surface area contributed by atoms with Crippen molar-refractivity contribution in [2.45, 2.75) is 18.2 Å². The Kier molecular flexibility index (Phi) is 5.38. The SMILES string of the molecule is CN1C(=O)C2C=CC(C(O)c3ccc(-c4ccccc4)s3)N(Nc3ccccc3)C2C1=O. The molecule has 2 amide bonds. The maximum atomic E-state index is 13.0. The van der Waals surface area contributed by atoms with Gasteiger partial charge in [-0.15, -0.1) is 11.3 Å². The molecule has 2 aliphatic heterocycles. The molecular formula is C25H23N3O3S. The van der Waals surface area contributed by atoms with Gasteiger partial charge in [-0.05, 0) is 29.8 Å². The highest BCUT2D eigenvalue weighted by atomic mass is 32.1. The van der Waals surface area contributed by atoms with Crippen LogP contribution in [0.4, 0.5) is 5.69 Å². The van der Waals surface area contributed by atoms with Gasteiger partial charge in [0.25, 0.3) is 0 Å². The first-order valence-electron chi connectivity index (χ1n) is 10.5. The fraction of sp³-hybridized carbons (Fsp3) is 0.200. The molecule has 5 rings (SSSR count). The number of hydrazine groups is 1. The number of nitrogens with zero attached hydrogens (tertiary/aromatic N) is 2. The van der Waals surface area contributed by atoms with Gasteiger partial charge in [0, 0.05) is 22.5 Å². The average molecular weight is 446 g/mol. The number of likely N-dealkylation sites (tertiary alicyclic amines) is 1. The number of aliphatic hydroxyl groups excluding tert-OH is 1. The van der Waals surface area contributed by atoms with Crippen molar-refractivity contribution in [3.05, 3.63) is 89.8 Å². The molecule has 1 fully saturated rings. The van der Waals surface area contributed by atoms with Gasteiger partial charge in [0.2, 0.25) is 11.8 Å². The molecule has 1 aromatic heterocycles. The fourth-order valence-electron chi connectivity index (χ4n) is 4.31. The molecule has 0 saturated carbocycles. The number of likely N-dealkylation sites (N-methyl/N-ethyl adjacent to an activating group) is 1. The van der Waals surface area contributed by atoms with Gasteiger partial charge in [0.1, 0.15) is 12.1 Å². The lowest BCUT2D eigenvalue weighted by molar-refractivity contribution is -0.138. The molecule has 0 bridgehead atoms. The Bertz CT molecular complexity index is 1160. The van der Waals surface area contributed by atoms with Crippen LogP contribution >= 0.6 is 11.3 Å². The van der Waals surface area contributed by atoms with E-state index in [0.29, 0.717) is 0 Å². The average Bonchev–Trinajstić information content (AvgIpc) is 3.41. The highest BCUT2D eigenvalue weighted by Crippen LogP contribution is 2.38. The predicted molar refractivity (Wildman–Crippen MR) is 125 cm³/mol. The number of imide groups is 1. The highest BCUT2D eigenvalue weighted by molar-refractivity contribution is 7.15. The van der Waals surface area contributed by atoms with Crippen LogP contribution in [0.25, 0.3) is 10.4 Å². The van der Waals surface area contributed by atoms with E-state index in [1.165, 1.54) is 23.3 Å². The molecule has 2 aromatic carbocycles. The number of rotatable bonds is 5. The third-order valence-electron chi connectivity index (χ3n) is 6.01. The van der Waals surface area contributed by atoms with Crippen molar-refractivity contribution in [2.24, 2.45) is 5.92 Å². The summed E-state index contributed by atoms with van der Waals surface area (Å²) in [6.07, 6.45) is 2.71. The van der Waals surface area contributed by atoms with Crippen molar-refractivity contribution >= 4 is 28.8 Å². The van der Waals surface area contributed by atoms with Gasteiger partial charge in [0.15, 0.2) is 0 Å². The molecule has 162 valence electrons. The summed E-state index contributed by atoms with van der Waals surface area (Å²) in [5.41, 5.74) is 5.16. The molecule has 0 spiro atoms. The van der Waals surface area contributed by atoms with Crippen molar-refractivity contribution in [2.75, 3.05) is 12.5 Å². The number of amides is 2. The standard InChI is InChI=1S/C25H23N3O3S/c1-27-24(30)18-12-13-19(28(22(18)25(27)31)26-17-10-6-3-7-11-17)23(29)21-15-14-20(32-21)16-8-4-2-5-9-16/h2-15,18-19,22-23,26,29H,1H3. The predicted octanol–water partition coefficient (Wildman–Crippen LogP) is 3.70. The molecule has 3 heterocycles. The van der Waals surface area contributed by atoms with Gasteiger partial charge in [-0.1, -0.05) is 60.7 Å². The maximum absolute atomic E-state index is 13.0. The minimum Gasteiger partial charge on any atom is -0.386 e. The van der Waals surface area contributed by atoms with Gasteiger partial charge < -0.3 is 10.5 Å². The topological polar surface area (TPSA) is 72.9 Å². The van der Waals surface area contributed by atoms with E-state index < -0.39 is 24.1 Å². The first-order valence-corrected chi connectivity index (χ1v) is 11.3. The molecule has 4 atom stereocenters. The summed E-state index contributed by atoms with van der Waals surface area (Å²) in [6, 6.07) is 22.2. The zero-order valence-corrected chi connectivity index (χ0v) is 18.3. The smallest absolute Gasteiger partial charge is 0.249 e. The molecule has 0 radical (unpaired) electrons. The number of aliphatic hydroxyl groups is 1.